The second kappa shape index (κ2) is 4.93. The summed E-state index contributed by atoms with van der Waals surface area (Å²) in [7, 11) is 0. The van der Waals surface area contributed by atoms with Gasteiger partial charge in [0.15, 0.2) is 17.5 Å². The number of hydrogen-bond donors (Lipinski definition) is 1. The van der Waals surface area contributed by atoms with Crippen LogP contribution in [-0.4, -0.2) is 14.9 Å². The van der Waals surface area contributed by atoms with Crippen molar-refractivity contribution in [3.63, 3.8) is 0 Å². The average Bonchev–Trinajstić information content (AvgIpc) is 2.37. The number of halogens is 4. The lowest BCUT2D eigenvalue weighted by atomic mass is 10.2. The lowest BCUT2D eigenvalue weighted by Gasteiger charge is -2.08. The highest BCUT2D eigenvalue weighted by Gasteiger charge is 2.17. The molecule has 1 heterocycles. The molecule has 0 aliphatic carbocycles. The van der Waals surface area contributed by atoms with Crippen LogP contribution < -0.4 is 5.56 Å². The Kier molecular flexibility index (Phi) is 3.48. The molecule has 0 radical (unpaired) electrons. The number of benzene rings is 1. The van der Waals surface area contributed by atoms with Crippen molar-refractivity contribution in [2.75, 3.05) is 0 Å². The minimum absolute atomic E-state index is 0.0922. The van der Waals surface area contributed by atoms with Gasteiger partial charge in [0.25, 0.3) is 5.56 Å². The first-order chi connectivity index (χ1) is 8.95. The molecular formula is C11H6ClF3N2O2. The van der Waals surface area contributed by atoms with Gasteiger partial charge in [-0.2, -0.15) is 9.78 Å². The van der Waals surface area contributed by atoms with E-state index in [4.69, 9.17) is 11.6 Å². The van der Waals surface area contributed by atoms with E-state index in [1.165, 1.54) is 0 Å². The molecule has 0 aliphatic rings. The van der Waals surface area contributed by atoms with Crippen LogP contribution in [0.5, 0.6) is 5.75 Å². The molecule has 1 aromatic heterocycles. The smallest absolute Gasteiger partial charge is 0.275 e. The zero-order valence-corrected chi connectivity index (χ0v) is 9.96. The molecular weight excluding hydrogens is 285 g/mol. The molecule has 0 unspecified atom stereocenters. The Morgan fingerprint density at radius 3 is 2.58 bits per heavy atom. The summed E-state index contributed by atoms with van der Waals surface area (Å²) >= 11 is 5.47. The second-order valence-electron chi connectivity index (χ2n) is 3.55. The van der Waals surface area contributed by atoms with E-state index < -0.39 is 34.4 Å². The quantitative estimate of drug-likeness (QED) is 0.681. The van der Waals surface area contributed by atoms with Gasteiger partial charge >= 0.3 is 0 Å². The Hall–Kier alpha value is -2.02. The molecule has 1 aromatic carbocycles. The van der Waals surface area contributed by atoms with Gasteiger partial charge in [0, 0.05) is 6.07 Å². The maximum Gasteiger partial charge on any atom is 0.275 e. The first kappa shape index (κ1) is 13.4. The van der Waals surface area contributed by atoms with Crippen LogP contribution >= 0.6 is 11.6 Å². The first-order valence-corrected chi connectivity index (χ1v) is 5.51. The van der Waals surface area contributed by atoms with Crippen molar-refractivity contribution in [3.8, 4) is 11.4 Å². The SMILES string of the molecule is O=c1cc(O)c(CCl)nn1-c1ccc(F)c(F)c1F. The monoisotopic (exact) mass is 290 g/mol. The van der Waals surface area contributed by atoms with Gasteiger partial charge in [-0.25, -0.2) is 13.2 Å². The molecule has 0 saturated carbocycles. The summed E-state index contributed by atoms with van der Waals surface area (Å²) < 4.78 is 40.0. The fraction of sp³-hybridized carbons (Fsp3) is 0.0909. The van der Waals surface area contributed by atoms with E-state index in [9.17, 15) is 23.1 Å². The third kappa shape index (κ3) is 2.28. The van der Waals surface area contributed by atoms with Crippen LogP contribution in [0.1, 0.15) is 5.69 Å². The molecule has 19 heavy (non-hydrogen) atoms. The molecule has 2 aromatic rings. The Balaban J connectivity index is 2.72. The van der Waals surface area contributed by atoms with Gasteiger partial charge in [-0.15, -0.1) is 11.6 Å². The number of nitrogens with zero attached hydrogens (tertiary/aromatic N) is 2. The average molecular weight is 291 g/mol. The van der Waals surface area contributed by atoms with Crippen LogP contribution in [0.4, 0.5) is 13.2 Å². The summed E-state index contributed by atoms with van der Waals surface area (Å²) in [5.74, 6) is -5.35. The lowest BCUT2D eigenvalue weighted by Crippen LogP contribution is -2.23. The van der Waals surface area contributed by atoms with Crippen LogP contribution in [0, 0.1) is 17.5 Å². The van der Waals surface area contributed by atoms with Gasteiger partial charge in [0.2, 0.25) is 0 Å². The maximum atomic E-state index is 13.6. The Morgan fingerprint density at radius 1 is 1.26 bits per heavy atom. The van der Waals surface area contributed by atoms with E-state index in [1.807, 2.05) is 0 Å². The van der Waals surface area contributed by atoms with Crippen LogP contribution in [0.2, 0.25) is 0 Å². The normalized spacial score (nSPS) is 10.7. The zero-order valence-electron chi connectivity index (χ0n) is 9.20. The van der Waals surface area contributed by atoms with E-state index in [0.29, 0.717) is 10.7 Å². The summed E-state index contributed by atoms with van der Waals surface area (Å²) in [6.45, 7) is 0. The minimum atomic E-state index is -1.72. The van der Waals surface area contributed by atoms with Crippen molar-refractivity contribution < 1.29 is 18.3 Å². The number of aromatic hydroxyl groups is 1. The molecule has 0 spiro atoms. The number of alkyl halides is 1. The zero-order chi connectivity index (χ0) is 14.2. The highest BCUT2D eigenvalue weighted by Crippen LogP contribution is 2.19. The molecule has 4 nitrogen and oxygen atoms in total. The standard InChI is InChI=1S/C11H6ClF3N2O2/c12-4-6-8(18)3-9(19)17(16-6)7-2-1-5(13)10(14)11(7)15/h1-3,18H,4H2. The van der Waals surface area contributed by atoms with Gasteiger partial charge in [-0.1, -0.05) is 0 Å². The summed E-state index contributed by atoms with van der Waals surface area (Å²) in [6.07, 6.45) is 0. The Labute approximate surface area is 109 Å². The lowest BCUT2D eigenvalue weighted by molar-refractivity contribution is 0.439. The molecule has 1 N–H and O–H groups in total. The fourth-order valence-corrected chi connectivity index (χ4v) is 1.62. The van der Waals surface area contributed by atoms with Gasteiger partial charge in [0.1, 0.15) is 17.1 Å². The van der Waals surface area contributed by atoms with E-state index in [-0.39, 0.29) is 11.6 Å². The van der Waals surface area contributed by atoms with Crippen molar-refractivity contribution in [2.45, 2.75) is 5.88 Å². The van der Waals surface area contributed by atoms with Crippen LogP contribution in [-0.2, 0) is 5.88 Å². The molecule has 0 bridgehead atoms. The molecule has 0 atom stereocenters. The Morgan fingerprint density at radius 2 is 1.95 bits per heavy atom. The predicted octanol–water partition coefficient (Wildman–Crippen LogP) is 2.09. The molecule has 0 saturated heterocycles. The molecule has 0 amide bonds. The van der Waals surface area contributed by atoms with E-state index in [1.54, 1.807) is 0 Å². The van der Waals surface area contributed by atoms with Crippen molar-refractivity contribution in [3.05, 3.63) is 51.7 Å². The minimum Gasteiger partial charge on any atom is -0.506 e. The topological polar surface area (TPSA) is 55.1 Å². The van der Waals surface area contributed by atoms with Crippen LogP contribution in [0.3, 0.4) is 0 Å². The molecule has 0 aliphatic heterocycles. The maximum absolute atomic E-state index is 13.6. The van der Waals surface area contributed by atoms with E-state index in [0.717, 1.165) is 12.1 Å². The van der Waals surface area contributed by atoms with Crippen molar-refractivity contribution in [2.24, 2.45) is 0 Å². The fourth-order valence-electron chi connectivity index (χ4n) is 1.43. The highest BCUT2D eigenvalue weighted by atomic mass is 35.5. The first-order valence-electron chi connectivity index (χ1n) is 4.97. The third-order valence-electron chi connectivity index (χ3n) is 2.35. The predicted molar refractivity (Wildman–Crippen MR) is 60.9 cm³/mol. The number of aromatic nitrogens is 2. The van der Waals surface area contributed by atoms with Gasteiger partial charge in [0.05, 0.1) is 5.88 Å². The summed E-state index contributed by atoms with van der Waals surface area (Å²) in [5.41, 5.74) is -1.57. The van der Waals surface area contributed by atoms with Crippen molar-refractivity contribution >= 4 is 11.6 Å². The largest absolute Gasteiger partial charge is 0.506 e. The summed E-state index contributed by atoms with van der Waals surface area (Å²) in [5, 5.41) is 12.9. The number of hydrogen-bond acceptors (Lipinski definition) is 3. The molecule has 2 rings (SSSR count). The molecule has 100 valence electrons. The summed E-state index contributed by atoms with van der Waals surface area (Å²) in [4.78, 5) is 11.6. The molecule has 8 heteroatoms. The van der Waals surface area contributed by atoms with Crippen LogP contribution in [0.15, 0.2) is 23.0 Å². The van der Waals surface area contributed by atoms with Gasteiger partial charge in [-0.05, 0) is 12.1 Å². The van der Waals surface area contributed by atoms with Crippen molar-refractivity contribution in [1.29, 1.82) is 0 Å². The van der Waals surface area contributed by atoms with Gasteiger partial charge < -0.3 is 5.11 Å². The number of rotatable bonds is 2. The van der Waals surface area contributed by atoms with E-state index >= 15 is 0 Å². The third-order valence-corrected chi connectivity index (χ3v) is 2.61. The second-order valence-corrected chi connectivity index (χ2v) is 3.82. The van der Waals surface area contributed by atoms with Gasteiger partial charge in [-0.3, -0.25) is 4.79 Å². The molecule has 0 fully saturated rings. The summed E-state index contributed by atoms with van der Waals surface area (Å²) in [6, 6.07) is 2.28. The Bertz CT molecular complexity index is 703. The highest BCUT2D eigenvalue weighted by molar-refractivity contribution is 6.17. The van der Waals surface area contributed by atoms with E-state index in [2.05, 4.69) is 5.10 Å². The van der Waals surface area contributed by atoms with Crippen molar-refractivity contribution in [1.82, 2.24) is 9.78 Å². The van der Waals surface area contributed by atoms with Crippen LogP contribution in [0.25, 0.3) is 5.69 Å².